The van der Waals surface area contributed by atoms with Gasteiger partial charge in [0.15, 0.2) is 11.4 Å². The van der Waals surface area contributed by atoms with Crippen molar-refractivity contribution >= 4 is 33.6 Å². The van der Waals surface area contributed by atoms with Crippen molar-refractivity contribution in [2.75, 3.05) is 0 Å². The van der Waals surface area contributed by atoms with Gasteiger partial charge in [-0.3, -0.25) is 5.10 Å². The van der Waals surface area contributed by atoms with Gasteiger partial charge in [0.2, 0.25) is 5.28 Å². The first kappa shape index (κ1) is 10.5. The number of furan rings is 1. The van der Waals surface area contributed by atoms with Crippen LogP contribution in [0.3, 0.4) is 0 Å². The summed E-state index contributed by atoms with van der Waals surface area (Å²) in [6, 6.07) is 9.71. The smallest absolute Gasteiger partial charge is 0.225 e. The van der Waals surface area contributed by atoms with Crippen molar-refractivity contribution in [3.63, 3.8) is 0 Å². The van der Waals surface area contributed by atoms with Crippen LogP contribution in [0, 0.1) is 0 Å². The van der Waals surface area contributed by atoms with Crippen LogP contribution in [0.2, 0.25) is 5.28 Å². The molecule has 0 unspecified atom stereocenters. The molecule has 0 aliphatic rings. The molecule has 0 saturated carbocycles. The summed E-state index contributed by atoms with van der Waals surface area (Å²) in [6.07, 6.45) is 1.66. The van der Waals surface area contributed by atoms with Gasteiger partial charge >= 0.3 is 0 Å². The number of para-hydroxylation sites is 1. The number of H-pyrrole nitrogens is 1. The van der Waals surface area contributed by atoms with Crippen LogP contribution in [-0.2, 0) is 0 Å². The molecule has 5 nitrogen and oxygen atoms in total. The molecular formula is C13H7ClN4O. The average molecular weight is 271 g/mol. The third-order valence-corrected chi connectivity index (χ3v) is 3.11. The van der Waals surface area contributed by atoms with Gasteiger partial charge in [0, 0.05) is 5.39 Å². The number of nitrogens with zero attached hydrogens (tertiary/aromatic N) is 3. The van der Waals surface area contributed by atoms with Gasteiger partial charge in [0.1, 0.15) is 11.3 Å². The minimum atomic E-state index is 0.159. The lowest BCUT2D eigenvalue weighted by molar-refractivity contribution is 0.629. The van der Waals surface area contributed by atoms with Crippen molar-refractivity contribution in [3.05, 3.63) is 41.8 Å². The van der Waals surface area contributed by atoms with E-state index in [1.165, 1.54) is 0 Å². The molecule has 0 aliphatic carbocycles. The zero-order valence-electron chi connectivity index (χ0n) is 9.59. The lowest BCUT2D eigenvalue weighted by Crippen LogP contribution is -1.88. The molecule has 3 heterocycles. The highest BCUT2D eigenvalue weighted by atomic mass is 35.5. The van der Waals surface area contributed by atoms with Crippen LogP contribution >= 0.6 is 11.6 Å². The van der Waals surface area contributed by atoms with E-state index in [9.17, 15) is 0 Å². The van der Waals surface area contributed by atoms with Crippen LogP contribution in [0.25, 0.3) is 33.5 Å². The van der Waals surface area contributed by atoms with E-state index in [0.29, 0.717) is 17.1 Å². The summed E-state index contributed by atoms with van der Waals surface area (Å²) < 4.78 is 5.80. The predicted molar refractivity (Wildman–Crippen MR) is 71.9 cm³/mol. The van der Waals surface area contributed by atoms with Gasteiger partial charge in [-0.15, -0.1) is 0 Å². The third kappa shape index (κ3) is 1.59. The van der Waals surface area contributed by atoms with Gasteiger partial charge < -0.3 is 4.42 Å². The van der Waals surface area contributed by atoms with E-state index in [1.54, 1.807) is 6.20 Å². The summed E-state index contributed by atoms with van der Waals surface area (Å²) in [5, 5.41) is 8.69. The second-order valence-electron chi connectivity index (χ2n) is 4.12. The number of hydrogen-bond acceptors (Lipinski definition) is 4. The fourth-order valence-electron chi connectivity index (χ4n) is 2.09. The van der Waals surface area contributed by atoms with Crippen molar-refractivity contribution < 1.29 is 4.42 Å². The first-order valence-corrected chi connectivity index (χ1v) is 6.04. The van der Waals surface area contributed by atoms with Crippen molar-refractivity contribution in [2.45, 2.75) is 0 Å². The maximum Gasteiger partial charge on any atom is 0.225 e. The normalized spacial score (nSPS) is 11.4. The van der Waals surface area contributed by atoms with E-state index < -0.39 is 0 Å². The summed E-state index contributed by atoms with van der Waals surface area (Å²) in [7, 11) is 0. The monoisotopic (exact) mass is 270 g/mol. The van der Waals surface area contributed by atoms with Gasteiger partial charge in [0.25, 0.3) is 0 Å². The highest BCUT2D eigenvalue weighted by Crippen LogP contribution is 2.30. The molecule has 0 amide bonds. The summed E-state index contributed by atoms with van der Waals surface area (Å²) >= 11 is 5.92. The van der Waals surface area contributed by atoms with Gasteiger partial charge in [-0.05, 0) is 23.7 Å². The van der Waals surface area contributed by atoms with E-state index in [1.807, 2.05) is 30.3 Å². The summed E-state index contributed by atoms with van der Waals surface area (Å²) in [5.41, 5.74) is 2.04. The number of halogens is 1. The Morgan fingerprint density at radius 1 is 1.16 bits per heavy atom. The largest absolute Gasteiger partial charge is 0.454 e. The highest BCUT2D eigenvalue weighted by molar-refractivity contribution is 6.28. The maximum absolute atomic E-state index is 5.92. The Bertz CT molecular complexity index is 863. The van der Waals surface area contributed by atoms with Gasteiger partial charge in [-0.25, -0.2) is 4.98 Å². The van der Waals surface area contributed by atoms with E-state index >= 15 is 0 Å². The standard InChI is InChI=1S/C13H7ClN4O/c14-13-16-11(8-6-15-18-12(8)17-13)10-5-7-3-1-2-4-9(7)19-10/h1-6H,(H,15,16,17,18). The molecule has 92 valence electrons. The molecule has 0 spiro atoms. The molecule has 0 fully saturated rings. The SMILES string of the molecule is Clc1nc(-c2cc3ccccc3o2)c2cn[nH]c2n1. The number of fused-ring (bicyclic) bond motifs is 2. The summed E-state index contributed by atoms with van der Waals surface area (Å²) in [5.74, 6) is 0.650. The number of nitrogens with one attached hydrogen (secondary N) is 1. The Morgan fingerprint density at radius 3 is 2.95 bits per heavy atom. The Hall–Kier alpha value is -2.40. The molecule has 1 aromatic carbocycles. The Labute approximate surface area is 112 Å². The molecule has 19 heavy (non-hydrogen) atoms. The molecule has 6 heteroatoms. The van der Waals surface area contributed by atoms with Crippen molar-refractivity contribution in [1.29, 1.82) is 0 Å². The van der Waals surface area contributed by atoms with E-state index in [4.69, 9.17) is 16.0 Å². The average Bonchev–Trinajstić information content (AvgIpc) is 3.03. The molecule has 3 aromatic heterocycles. The summed E-state index contributed by atoms with van der Waals surface area (Å²) in [6.45, 7) is 0. The number of benzene rings is 1. The van der Waals surface area contributed by atoms with Crippen LogP contribution in [-0.4, -0.2) is 20.2 Å². The Balaban J connectivity index is 2.05. The second kappa shape index (κ2) is 3.80. The van der Waals surface area contributed by atoms with E-state index in [0.717, 1.165) is 16.4 Å². The Morgan fingerprint density at radius 2 is 2.05 bits per heavy atom. The number of rotatable bonds is 1. The molecule has 0 radical (unpaired) electrons. The fraction of sp³-hybridized carbons (Fsp3) is 0. The van der Waals surface area contributed by atoms with Crippen LogP contribution in [0.15, 0.2) is 40.9 Å². The number of aromatic amines is 1. The molecular weight excluding hydrogens is 264 g/mol. The highest BCUT2D eigenvalue weighted by Gasteiger charge is 2.14. The second-order valence-corrected chi connectivity index (χ2v) is 4.46. The lowest BCUT2D eigenvalue weighted by Gasteiger charge is -1.98. The Kier molecular flexibility index (Phi) is 2.10. The fourth-order valence-corrected chi connectivity index (χ4v) is 2.26. The van der Waals surface area contributed by atoms with Gasteiger partial charge in [-0.2, -0.15) is 10.1 Å². The van der Waals surface area contributed by atoms with Crippen LogP contribution in [0.1, 0.15) is 0 Å². The minimum Gasteiger partial charge on any atom is -0.454 e. The van der Waals surface area contributed by atoms with E-state index in [2.05, 4.69) is 20.2 Å². The maximum atomic E-state index is 5.92. The van der Waals surface area contributed by atoms with E-state index in [-0.39, 0.29) is 5.28 Å². The first-order valence-electron chi connectivity index (χ1n) is 5.67. The van der Waals surface area contributed by atoms with Gasteiger partial charge in [0.05, 0.1) is 11.6 Å². The minimum absolute atomic E-state index is 0.159. The van der Waals surface area contributed by atoms with Crippen LogP contribution in [0.5, 0.6) is 0 Å². The number of aromatic nitrogens is 4. The number of hydrogen-bond donors (Lipinski definition) is 1. The quantitative estimate of drug-likeness (QED) is 0.538. The predicted octanol–water partition coefficient (Wildman–Crippen LogP) is 3.42. The lowest BCUT2D eigenvalue weighted by atomic mass is 10.2. The van der Waals surface area contributed by atoms with Crippen LogP contribution < -0.4 is 0 Å². The van der Waals surface area contributed by atoms with Crippen molar-refractivity contribution in [2.24, 2.45) is 0 Å². The summed E-state index contributed by atoms with van der Waals surface area (Å²) in [4.78, 5) is 8.31. The first-order chi connectivity index (χ1) is 9.31. The third-order valence-electron chi connectivity index (χ3n) is 2.94. The van der Waals surface area contributed by atoms with Gasteiger partial charge in [-0.1, -0.05) is 18.2 Å². The zero-order valence-corrected chi connectivity index (χ0v) is 10.3. The molecule has 0 aliphatic heterocycles. The molecule has 1 N–H and O–H groups in total. The topological polar surface area (TPSA) is 67.6 Å². The molecule has 0 atom stereocenters. The molecule has 0 bridgehead atoms. The van der Waals surface area contributed by atoms with Crippen LogP contribution in [0.4, 0.5) is 0 Å². The molecule has 0 saturated heterocycles. The van der Waals surface area contributed by atoms with Crippen molar-refractivity contribution in [3.8, 4) is 11.5 Å². The molecule has 4 rings (SSSR count). The van der Waals surface area contributed by atoms with Crippen molar-refractivity contribution in [1.82, 2.24) is 20.2 Å². The zero-order chi connectivity index (χ0) is 12.8. The molecule has 4 aromatic rings.